The Balaban J connectivity index is 1.69. The lowest BCUT2D eigenvalue weighted by atomic mass is 9.86. The van der Waals surface area contributed by atoms with E-state index in [1.54, 1.807) is 30.3 Å². The van der Waals surface area contributed by atoms with Crippen molar-refractivity contribution in [3.63, 3.8) is 0 Å². The molecule has 0 fully saturated rings. The number of β-amino-alcohol motifs (C(OH)–C–C–N with tert-alkyl or cyclic N) is 1. The zero-order valence-electron chi connectivity index (χ0n) is 21.1. The minimum atomic E-state index is -4.89. The number of ether oxygens (including phenoxy) is 1. The maximum atomic E-state index is 13.3. The molecule has 0 bridgehead atoms. The van der Waals surface area contributed by atoms with Crippen molar-refractivity contribution in [2.75, 3.05) is 20.2 Å². The number of carboxylic acid groups (broad SMARTS) is 1. The molecule has 0 spiro atoms. The molecular weight excluding hydrogens is 589 g/mol. The molecule has 41 heavy (non-hydrogen) atoms. The van der Waals surface area contributed by atoms with E-state index in [1.807, 2.05) is 0 Å². The Morgan fingerprint density at radius 3 is 2.39 bits per heavy atom. The van der Waals surface area contributed by atoms with Crippen LogP contribution in [0.1, 0.15) is 16.7 Å². The number of aliphatic imine (C=N–C) groups is 1. The van der Waals surface area contributed by atoms with Gasteiger partial charge in [-0.05, 0) is 48.0 Å². The van der Waals surface area contributed by atoms with E-state index in [2.05, 4.69) is 14.8 Å². The van der Waals surface area contributed by atoms with Gasteiger partial charge in [0.25, 0.3) is 10.0 Å². The second-order valence-corrected chi connectivity index (χ2v) is 10.8. The molecule has 4 rings (SSSR count). The number of hydrazone groups is 1. The molecule has 3 aromatic rings. The number of hydrogen-bond donors (Lipinski definition) is 3. The Morgan fingerprint density at radius 2 is 1.80 bits per heavy atom. The molecule has 0 saturated carbocycles. The molecule has 0 aromatic heterocycles. The Hall–Kier alpha value is -4.14. The van der Waals surface area contributed by atoms with Crippen LogP contribution in [0, 0.1) is 0 Å². The summed E-state index contributed by atoms with van der Waals surface area (Å²) in [4.78, 5) is 14.0. The second-order valence-electron chi connectivity index (χ2n) is 8.73. The molecule has 0 radical (unpaired) electrons. The van der Waals surface area contributed by atoms with Crippen molar-refractivity contribution in [3.8, 4) is 5.75 Å². The highest BCUT2D eigenvalue weighted by Crippen LogP contribution is 2.36. The van der Waals surface area contributed by atoms with Crippen LogP contribution >= 0.6 is 11.6 Å². The van der Waals surface area contributed by atoms with Crippen LogP contribution in [0.3, 0.4) is 0 Å². The third-order valence-corrected chi connectivity index (χ3v) is 7.62. The highest BCUT2D eigenvalue weighted by Gasteiger charge is 2.45. The maximum Gasteiger partial charge on any atom is 0.417 e. The molecule has 216 valence electrons. The van der Waals surface area contributed by atoms with Crippen molar-refractivity contribution in [3.05, 3.63) is 94.5 Å². The van der Waals surface area contributed by atoms with Crippen molar-refractivity contribution in [1.29, 1.82) is 0 Å². The first-order valence-corrected chi connectivity index (χ1v) is 13.6. The van der Waals surface area contributed by atoms with E-state index in [1.165, 1.54) is 31.3 Å². The van der Waals surface area contributed by atoms with Crippen LogP contribution < -0.4 is 9.46 Å². The standard InChI is InChI=1S/C26H22ClF3N4O6S/c1-31-24(33-41(38,39)19-11-12-21(27)20(13-19)26(28,29)30)34-15-25(37,17-5-3-2-4-6-17)23(32-34)16-7-9-18(10-8-16)40-14-22(35)36/h2-13,37H,14-15H2,1H3,(H,31,33)(H,35,36). The minimum absolute atomic E-state index is 0.0969. The number of aliphatic hydroxyl groups is 1. The summed E-state index contributed by atoms with van der Waals surface area (Å²) in [5.74, 6) is -1.29. The molecule has 1 aliphatic rings. The van der Waals surface area contributed by atoms with Gasteiger partial charge in [0, 0.05) is 12.6 Å². The van der Waals surface area contributed by atoms with Gasteiger partial charge in [0.15, 0.2) is 12.2 Å². The van der Waals surface area contributed by atoms with E-state index in [0.29, 0.717) is 17.2 Å². The monoisotopic (exact) mass is 610 g/mol. The van der Waals surface area contributed by atoms with Gasteiger partial charge in [0.1, 0.15) is 11.5 Å². The van der Waals surface area contributed by atoms with Crippen molar-refractivity contribution in [2.45, 2.75) is 16.7 Å². The lowest BCUT2D eigenvalue weighted by Gasteiger charge is -2.26. The average molecular weight is 611 g/mol. The van der Waals surface area contributed by atoms with Gasteiger partial charge in [-0.25, -0.2) is 22.9 Å². The van der Waals surface area contributed by atoms with Crippen LogP contribution in [0.4, 0.5) is 13.2 Å². The third-order valence-electron chi connectivity index (χ3n) is 5.97. The molecular formula is C26H22ClF3N4O6S. The lowest BCUT2D eigenvalue weighted by Crippen LogP contribution is -2.45. The normalized spacial score (nSPS) is 17.8. The van der Waals surface area contributed by atoms with E-state index < -0.39 is 49.9 Å². The van der Waals surface area contributed by atoms with Crippen LogP contribution in [-0.2, 0) is 26.6 Å². The number of sulfonamides is 1. The summed E-state index contributed by atoms with van der Waals surface area (Å²) in [6.45, 7) is -0.871. The van der Waals surface area contributed by atoms with E-state index in [-0.39, 0.29) is 24.0 Å². The number of nitrogens with one attached hydrogen (secondary N) is 1. The molecule has 10 nitrogen and oxygen atoms in total. The van der Waals surface area contributed by atoms with Crippen molar-refractivity contribution < 1.29 is 41.3 Å². The van der Waals surface area contributed by atoms with Crippen molar-refractivity contribution in [1.82, 2.24) is 9.73 Å². The van der Waals surface area contributed by atoms with Gasteiger partial charge in [0.2, 0.25) is 5.96 Å². The SMILES string of the molecule is CN=C(NS(=O)(=O)c1ccc(Cl)c(C(F)(F)F)c1)N1CC(O)(c2ccccc2)C(c2ccc(OCC(=O)O)cc2)=N1. The first-order valence-electron chi connectivity index (χ1n) is 11.7. The van der Waals surface area contributed by atoms with Gasteiger partial charge in [0.05, 0.1) is 22.0 Å². The van der Waals surface area contributed by atoms with Crippen LogP contribution in [0.25, 0.3) is 0 Å². The first-order chi connectivity index (χ1) is 19.2. The van der Waals surface area contributed by atoms with Gasteiger partial charge in [-0.15, -0.1) is 0 Å². The largest absolute Gasteiger partial charge is 0.482 e. The quantitative estimate of drug-likeness (QED) is 0.274. The van der Waals surface area contributed by atoms with E-state index in [0.717, 1.165) is 17.1 Å². The van der Waals surface area contributed by atoms with Crippen molar-refractivity contribution >= 4 is 39.3 Å². The molecule has 3 N–H and O–H groups in total. The van der Waals surface area contributed by atoms with Crippen molar-refractivity contribution in [2.24, 2.45) is 10.1 Å². The number of guanidine groups is 1. The zero-order chi connectivity index (χ0) is 30.0. The van der Waals surface area contributed by atoms with Gasteiger partial charge >= 0.3 is 12.1 Å². The number of benzene rings is 3. The van der Waals surface area contributed by atoms with E-state index in [4.69, 9.17) is 21.4 Å². The summed E-state index contributed by atoms with van der Waals surface area (Å²) >= 11 is 5.63. The Morgan fingerprint density at radius 1 is 1.15 bits per heavy atom. The Bertz CT molecular complexity index is 1620. The number of nitrogens with zero attached hydrogens (tertiary/aromatic N) is 3. The predicted octanol–water partition coefficient (Wildman–Crippen LogP) is 3.69. The fraction of sp³-hybridized carbons (Fsp3) is 0.192. The number of rotatable bonds is 7. The van der Waals surface area contributed by atoms with Crippen LogP contribution in [0.2, 0.25) is 5.02 Å². The van der Waals surface area contributed by atoms with E-state index >= 15 is 0 Å². The number of alkyl halides is 3. The average Bonchev–Trinajstić information content (AvgIpc) is 3.29. The topological polar surface area (TPSA) is 141 Å². The second kappa shape index (κ2) is 11.4. The lowest BCUT2D eigenvalue weighted by molar-refractivity contribution is -0.139. The smallest absolute Gasteiger partial charge is 0.417 e. The van der Waals surface area contributed by atoms with Crippen LogP contribution in [-0.4, -0.2) is 61.5 Å². The van der Waals surface area contributed by atoms with Gasteiger partial charge in [-0.3, -0.25) is 4.99 Å². The third kappa shape index (κ3) is 6.45. The van der Waals surface area contributed by atoms with E-state index in [9.17, 15) is 31.5 Å². The van der Waals surface area contributed by atoms with Crippen LogP contribution in [0.5, 0.6) is 5.75 Å². The molecule has 0 saturated heterocycles. The Labute approximate surface area is 237 Å². The van der Waals surface area contributed by atoms with Gasteiger partial charge < -0.3 is 14.9 Å². The van der Waals surface area contributed by atoms with Gasteiger partial charge in [-0.1, -0.05) is 41.9 Å². The first kappa shape index (κ1) is 29.8. The number of aliphatic carboxylic acids is 1. The zero-order valence-corrected chi connectivity index (χ0v) is 22.7. The summed E-state index contributed by atoms with van der Waals surface area (Å²) in [6.07, 6.45) is -4.89. The molecule has 0 amide bonds. The molecule has 15 heteroatoms. The molecule has 0 aliphatic carbocycles. The molecule has 1 heterocycles. The number of halogens is 4. The number of hydrogen-bond acceptors (Lipinski definition) is 7. The highest BCUT2D eigenvalue weighted by molar-refractivity contribution is 7.90. The number of carboxylic acids is 1. The fourth-order valence-electron chi connectivity index (χ4n) is 4.03. The summed E-state index contributed by atoms with van der Waals surface area (Å²) in [7, 11) is -3.37. The molecule has 3 aromatic carbocycles. The fourth-order valence-corrected chi connectivity index (χ4v) is 5.33. The Kier molecular flexibility index (Phi) is 8.29. The van der Waals surface area contributed by atoms with Gasteiger partial charge in [-0.2, -0.15) is 18.3 Å². The molecule has 1 atom stereocenters. The van der Waals surface area contributed by atoms with Crippen LogP contribution in [0.15, 0.2) is 87.8 Å². The number of carbonyl (C=O) groups is 1. The summed E-state index contributed by atoms with van der Waals surface area (Å²) in [5.41, 5.74) is -2.20. The summed E-state index contributed by atoms with van der Waals surface area (Å²) in [5, 5.41) is 25.5. The summed E-state index contributed by atoms with van der Waals surface area (Å²) in [6, 6.07) is 16.6. The summed E-state index contributed by atoms with van der Waals surface area (Å²) < 4.78 is 73.5. The molecule has 1 unspecified atom stereocenters. The molecule has 1 aliphatic heterocycles. The maximum absolute atomic E-state index is 13.3. The minimum Gasteiger partial charge on any atom is -0.482 e. The predicted molar refractivity (Wildman–Crippen MR) is 143 cm³/mol. The highest BCUT2D eigenvalue weighted by atomic mass is 35.5.